The van der Waals surface area contributed by atoms with Gasteiger partial charge in [-0.15, -0.1) is 0 Å². The predicted octanol–water partition coefficient (Wildman–Crippen LogP) is 1.42. The van der Waals surface area contributed by atoms with E-state index in [0.717, 1.165) is 0 Å². The van der Waals surface area contributed by atoms with Crippen LogP contribution in [0.5, 0.6) is 5.75 Å². The van der Waals surface area contributed by atoms with Gasteiger partial charge in [0.2, 0.25) is 5.91 Å². The predicted molar refractivity (Wildman–Crippen MR) is 121 cm³/mol. The van der Waals surface area contributed by atoms with Crippen molar-refractivity contribution in [3.63, 3.8) is 0 Å². The molecule has 1 aromatic rings. The SMILES string of the molecule is COc1ccc(C(CNC(=O)CCC=O)OC(=O)CCC(C)O[C@@H]2O[C@@H](C)[C@H](O)C[C@H]2O)cc1. The Labute approximate surface area is 199 Å². The second kappa shape index (κ2) is 14.0. The van der Waals surface area contributed by atoms with Crippen molar-refractivity contribution in [2.75, 3.05) is 13.7 Å². The van der Waals surface area contributed by atoms with Crippen LogP contribution in [0.25, 0.3) is 0 Å². The number of carbonyl (C=O) groups excluding carboxylic acids is 3. The summed E-state index contributed by atoms with van der Waals surface area (Å²) in [4.78, 5) is 34.9. The molecule has 1 amide bonds. The van der Waals surface area contributed by atoms with Crippen molar-refractivity contribution in [1.82, 2.24) is 5.32 Å². The Morgan fingerprint density at radius 1 is 1.21 bits per heavy atom. The third-order valence-electron chi connectivity index (χ3n) is 5.54. The number of aldehydes is 1. The summed E-state index contributed by atoms with van der Waals surface area (Å²) >= 11 is 0. The van der Waals surface area contributed by atoms with Crippen molar-refractivity contribution in [3.8, 4) is 5.75 Å². The van der Waals surface area contributed by atoms with Gasteiger partial charge < -0.3 is 39.3 Å². The molecule has 34 heavy (non-hydrogen) atoms. The Morgan fingerprint density at radius 3 is 2.56 bits per heavy atom. The standard InChI is InChI=1S/C24H35NO9/c1-15(32-24-20(28)13-19(27)16(2)33-24)6-11-23(30)34-21(14-25-22(29)5-4-12-26)17-7-9-18(31-3)10-8-17/h7-10,12,15-16,19-21,24,27-28H,4-6,11,13-14H2,1-3H3,(H,25,29)/t15?,16-,19+,20+,21?,24+/m0/s1. The smallest absolute Gasteiger partial charge is 0.306 e. The monoisotopic (exact) mass is 481 g/mol. The zero-order chi connectivity index (χ0) is 25.1. The number of rotatable bonds is 13. The number of amides is 1. The molecule has 2 unspecified atom stereocenters. The molecule has 1 aliphatic heterocycles. The second-order valence-corrected chi connectivity index (χ2v) is 8.33. The molecule has 10 heteroatoms. The average Bonchev–Trinajstić information content (AvgIpc) is 2.82. The van der Waals surface area contributed by atoms with Gasteiger partial charge in [0.15, 0.2) is 6.29 Å². The van der Waals surface area contributed by atoms with Crippen LogP contribution in [-0.4, -0.2) is 72.7 Å². The summed E-state index contributed by atoms with van der Waals surface area (Å²) in [5.41, 5.74) is 0.681. The first-order valence-corrected chi connectivity index (χ1v) is 11.4. The Balaban J connectivity index is 1.89. The number of ether oxygens (including phenoxy) is 4. The van der Waals surface area contributed by atoms with Gasteiger partial charge in [-0.2, -0.15) is 0 Å². The number of hydrogen-bond acceptors (Lipinski definition) is 9. The summed E-state index contributed by atoms with van der Waals surface area (Å²) in [5.74, 6) is -0.148. The molecule has 0 aromatic heterocycles. The topological polar surface area (TPSA) is 141 Å². The van der Waals surface area contributed by atoms with E-state index in [4.69, 9.17) is 18.9 Å². The van der Waals surface area contributed by atoms with Crippen molar-refractivity contribution < 1.29 is 43.5 Å². The molecule has 0 aliphatic carbocycles. The summed E-state index contributed by atoms with van der Waals surface area (Å²) in [5, 5.41) is 22.5. The zero-order valence-corrected chi connectivity index (χ0v) is 19.8. The fourth-order valence-corrected chi connectivity index (χ4v) is 3.43. The van der Waals surface area contributed by atoms with E-state index < -0.39 is 42.8 Å². The van der Waals surface area contributed by atoms with Crippen LogP contribution < -0.4 is 10.1 Å². The quantitative estimate of drug-likeness (QED) is 0.282. The molecule has 1 aliphatic rings. The van der Waals surface area contributed by atoms with Crippen molar-refractivity contribution in [3.05, 3.63) is 29.8 Å². The Kier molecular flexibility index (Phi) is 11.4. The molecule has 6 atom stereocenters. The number of carbonyl (C=O) groups is 3. The van der Waals surface area contributed by atoms with Crippen LogP contribution in [0, 0.1) is 0 Å². The molecule has 0 saturated carbocycles. The molecular weight excluding hydrogens is 446 g/mol. The first-order chi connectivity index (χ1) is 16.2. The number of hydrogen-bond donors (Lipinski definition) is 3. The molecule has 1 saturated heterocycles. The van der Waals surface area contributed by atoms with Gasteiger partial charge in [-0.25, -0.2) is 0 Å². The highest BCUT2D eigenvalue weighted by molar-refractivity contribution is 5.78. The van der Waals surface area contributed by atoms with Gasteiger partial charge >= 0.3 is 5.97 Å². The summed E-state index contributed by atoms with van der Waals surface area (Å²) in [6.45, 7) is 3.52. The maximum absolute atomic E-state index is 12.5. The molecule has 3 N–H and O–H groups in total. The number of esters is 1. The van der Waals surface area contributed by atoms with E-state index in [1.54, 1.807) is 45.2 Å². The first-order valence-electron chi connectivity index (χ1n) is 11.4. The molecule has 0 spiro atoms. The normalized spacial score (nSPS) is 24.0. The van der Waals surface area contributed by atoms with Gasteiger partial charge in [0.1, 0.15) is 24.2 Å². The van der Waals surface area contributed by atoms with Gasteiger partial charge in [-0.1, -0.05) is 12.1 Å². The molecule has 0 bridgehead atoms. The number of nitrogens with one attached hydrogen (secondary N) is 1. The zero-order valence-electron chi connectivity index (χ0n) is 19.8. The molecule has 10 nitrogen and oxygen atoms in total. The molecule has 1 aromatic carbocycles. The maximum Gasteiger partial charge on any atom is 0.306 e. The number of aliphatic hydroxyl groups is 2. The Hall–Kier alpha value is -2.53. The van der Waals surface area contributed by atoms with Crippen LogP contribution in [0.2, 0.25) is 0 Å². The second-order valence-electron chi connectivity index (χ2n) is 8.33. The largest absolute Gasteiger partial charge is 0.497 e. The maximum atomic E-state index is 12.5. The van der Waals surface area contributed by atoms with E-state index in [1.807, 2.05) is 0 Å². The van der Waals surface area contributed by atoms with Gasteiger partial charge in [-0.3, -0.25) is 9.59 Å². The van der Waals surface area contributed by atoms with Crippen molar-refractivity contribution in [2.45, 2.75) is 82.8 Å². The summed E-state index contributed by atoms with van der Waals surface area (Å²) in [6, 6.07) is 6.95. The first kappa shape index (κ1) is 27.7. The van der Waals surface area contributed by atoms with Gasteiger partial charge in [0.25, 0.3) is 0 Å². The van der Waals surface area contributed by atoms with Crippen LogP contribution in [0.3, 0.4) is 0 Å². The van der Waals surface area contributed by atoms with Crippen LogP contribution in [0.4, 0.5) is 0 Å². The Bertz CT molecular complexity index is 785. The number of benzene rings is 1. The lowest BCUT2D eigenvalue weighted by molar-refractivity contribution is -0.273. The van der Waals surface area contributed by atoms with Crippen molar-refractivity contribution in [1.29, 1.82) is 0 Å². The minimum absolute atomic E-state index is 0.0495. The van der Waals surface area contributed by atoms with E-state index in [2.05, 4.69) is 5.32 Å². The van der Waals surface area contributed by atoms with E-state index in [9.17, 15) is 24.6 Å². The van der Waals surface area contributed by atoms with Gasteiger partial charge in [0, 0.05) is 25.7 Å². The van der Waals surface area contributed by atoms with Crippen LogP contribution in [0.15, 0.2) is 24.3 Å². The molecular formula is C24H35NO9. The fourth-order valence-electron chi connectivity index (χ4n) is 3.43. The Morgan fingerprint density at radius 2 is 1.91 bits per heavy atom. The highest BCUT2D eigenvalue weighted by Gasteiger charge is 2.35. The lowest BCUT2D eigenvalue weighted by Crippen LogP contribution is -2.48. The number of methoxy groups -OCH3 is 1. The highest BCUT2D eigenvalue weighted by Crippen LogP contribution is 2.24. The van der Waals surface area contributed by atoms with E-state index >= 15 is 0 Å². The molecule has 1 fully saturated rings. The van der Waals surface area contributed by atoms with E-state index in [1.165, 1.54) is 0 Å². The van der Waals surface area contributed by atoms with Gasteiger partial charge in [0.05, 0.1) is 32.0 Å². The average molecular weight is 482 g/mol. The molecule has 2 rings (SSSR count). The minimum atomic E-state index is -0.956. The lowest BCUT2D eigenvalue weighted by atomic mass is 10.0. The molecule has 190 valence electrons. The van der Waals surface area contributed by atoms with Crippen LogP contribution >= 0.6 is 0 Å². The summed E-state index contributed by atoms with van der Waals surface area (Å²) in [6.07, 6.45) is -2.80. The molecule has 1 heterocycles. The van der Waals surface area contributed by atoms with E-state index in [-0.39, 0.29) is 38.1 Å². The van der Waals surface area contributed by atoms with E-state index in [0.29, 0.717) is 24.0 Å². The summed E-state index contributed by atoms with van der Waals surface area (Å²) in [7, 11) is 1.54. The fraction of sp³-hybridized carbons (Fsp3) is 0.625. The van der Waals surface area contributed by atoms with Gasteiger partial charge in [-0.05, 0) is 38.0 Å². The number of aliphatic hydroxyl groups excluding tert-OH is 2. The minimum Gasteiger partial charge on any atom is -0.497 e. The van der Waals surface area contributed by atoms with Crippen molar-refractivity contribution in [2.24, 2.45) is 0 Å². The third-order valence-corrected chi connectivity index (χ3v) is 5.54. The lowest BCUT2D eigenvalue weighted by Gasteiger charge is -2.36. The third kappa shape index (κ3) is 9.02. The summed E-state index contributed by atoms with van der Waals surface area (Å²) < 4.78 is 22.0. The van der Waals surface area contributed by atoms with Crippen LogP contribution in [-0.2, 0) is 28.6 Å². The highest BCUT2D eigenvalue weighted by atomic mass is 16.7. The van der Waals surface area contributed by atoms with Crippen LogP contribution in [0.1, 0.15) is 57.6 Å². The molecule has 0 radical (unpaired) electrons. The van der Waals surface area contributed by atoms with Crippen molar-refractivity contribution >= 4 is 18.2 Å².